The van der Waals surface area contributed by atoms with Crippen molar-refractivity contribution in [1.82, 2.24) is 0 Å². The van der Waals surface area contributed by atoms with E-state index in [9.17, 15) is 4.79 Å². The van der Waals surface area contributed by atoms with Crippen molar-refractivity contribution in [2.45, 2.75) is 6.92 Å². The summed E-state index contributed by atoms with van der Waals surface area (Å²) in [6.45, 7) is 8.19. The van der Waals surface area contributed by atoms with Gasteiger partial charge in [-0.2, -0.15) is 0 Å². The van der Waals surface area contributed by atoms with Crippen LogP contribution in [0, 0.1) is 6.57 Å². The predicted octanol–water partition coefficient (Wildman–Crippen LogP) is 0.868. The van der Waals surface area contributed by atoms with Crippen molar-refractivity contribution in [3.8, 4) is 0 Å². The van der Waals surface area contributed by atoms with Crippen molar-refractivity contribution in [2.75, 3.05) is 6.61 Å². The molecular weight excluding hydrogens is 134 g/mol. The second-order valence-corrected chi connectivity index (χ2v) is 1.35. The maximum absolute atomic E-state index is 10.5. The first-order valence-corrected chi connectivity index (χ1v) is 2.65. The highest BCUT2D eigenvalue weighted by atomic mass is 16.5. The fraction of sp³-hybridized carbons (Fsp3) is 0.333. The fourth-order valence-electron chi connectivity index (χ4n) is 0.332. The molecule has 0 heterocycles. The molecule has 0 saturated carbocycles. The van der Waals surface area contributed by atoms with E-state index < -0.39 is 11.7 Å². The highest BCUT2D eigenvalue weighted by Gasteiger charge is 2.08. The largest absolute Gasteiger partial charge is 0.526 e. The molecule has 0 unspecified atom stereocenters. The van der Waals surface area contributed by atoms with E-state index in [-0.39, 0.29) is 6.61 Å². The smallest absolute Gasteiger partial charge is 0.339 e. The molecule has 0 aromatic heterocycles. The van der Waals surface area contributed by atoms with E-state index in [0.717, 1.165) is 0 Å². The van der Waals surface area contributed by atoms with Gasteiger partial charge in [0.05, 0.1) is 19.4 Å². The predicted molar refractivity (Wildman–Crippen MR) is 33.9 cm³/mol. The number of aliphatic hydroxyl groups is 1. The Kier molecular flexibility index (Phi) is 3.73. The number of ether oxygens (including phenoxy) is 1. The van der Waals surface area contributed by atoms with Gasteiger partial charge in [-0.05, 0) is 6.92 Å². The van der Waals surface area contributed by atoms with Crippen molar-refractivity contribution in [3.05, 3.63) is 23.4 Å². The van der Waals surface area contributed by atoms with Gasteiger partial charge >= 0.3 is 11.7 Å². The normalized spacial score (nSPS) is 10.2. The number of carbonyl (C=O) groups excluding carboxylic acids is 1. The number of carbonyl (C=O) groups is 1. The lowest BCUT2D eigenvalue weighted by atomic mass is 10.5. The third-order valence-electron chi connectivity index (χ3n) is 0.727. The Morgan fingerprint density at radius 2 is 2.50 bits per heavy atom. The Bertz CT molecular complexity index is 190. The minimum absolute atomic E-state index is 0.200. The van der Waals surface area contributed by atoms with Crippen LogP contribution in [-0.4, -0.2) is 17.7 Å². The molecule has 0 saturated heterocycles. The highest BCUT2D eigenvalue weighted by molar-refractivity contribution is 5.89. The minimum Gasteiger partial charge on any atom is -0.526 e. The summed E-state index contributed by atoms with van der Waals surface area (Å²) in [6.07, 6.45) is 0.436. The molecule has 0 rings (SSSR count). The molecule has 0 bridgehead atoms. The topological polar surface area (TPSA) is 50.9 Å². The number of hydrogen-bond donors (Lipinski definition) is 1. The van der Waals surface area contributed by atoms with Crippen LogP contribution in [0.1, 0.15) is 6.92 Å². The molecule has 4 heteroatoms. The first-order chi connectivity index (χ1) is 4.76. The van der Waals surface area contributed by atoms with E-state index in [1.54, 1.807) is 6.92 Å². The number of nitrogens with zero attached hydrogens (tertiary/aromatic N) is 1. The summed E-state index contributed by atoms with van der Waals surface area (Å²) in [5, 5.41) is 8.25. The lowest BCUT2D eigenvalue weighted by Crippen LogP contribution is -2.04. The van der Waals surface area contributed by atoms with Gasteiger partial charge in [0.1, 0.15) is 0 Å². The standard InChI is InChI=1S/C6H7NO3/c1-3-10-6(9)5(4-8)7-2/h4,8H,3H2,1H3/b5-4-. The monoisotopic (exact) mass is 141 g/mol. The molecule has 54 valence electrons. The Labute approximate surface area is 58.5 Å². The highest BCUT2D eigenvalue weighted by Crippen LogP contribution is 1.97. The van der Waals surface area contributed by atoms with Crippen molar-refractivity contribution in [2.24, 2.45) is 0 Å². The van der Waals surface area contributed by atoms with Gasteiger partial charge in [0, 0.05) is 0 Å². The Morgan fingerprint density at radius 1 is 1.90 bits per heavy atom. The van der Waals surface area contributed by atoms with Gasteiger partial charge in [-0.15, -0.1) is 0 Å². The van der Waals surface area contributed by atoms with Gasteiger partial charge < -0.3 is 9.84 Å². The molecule has 0 aromatic carbocycles. The van der Waals surface area contributed by atoms with Crippen LogP contribution in [0.2, 0.25) is 0 Å². The summed E-state index contributed by atoms with van der Waals surface area (Å²) < 4.78 is 4.40. The third kappa shape index (κ3) is 2.18. The zero-order valence-corrected chi connectivity index (χ0v) is 5.50. The van der Waals surface area contributed by atoms with Gasteiger partial charge in [0.2, 0.25) is 0 Å². The van der Waals surface area contributed by atoms with Crippen molar-refractivity contribution < 1.29 is 14.6 Å². The van der Waals surface area contributed by atoms with Crippen molar-refractivity contribution in [3.63, 3.8) is 0 Å². The second kappa shape index (κ2) is 4.39. The summed E-state index contributed by atoms with van der Waals surface area (Å²) in [5.74, 6) is -0.792. The first-order valence-electron chi connectivity index (χ1n) is 2.65. The second-order valence-electron chi connectivity index (χ2n) is 1.35. The number of aliphatic hydroxyl groups excluding tert-OH is 1. The third-order valence-corrected chi connectivity index (χ3v) is 0.727. The van der Waals surface area contributed by atoms with Crippen LogP contribution in [-0.2, 0) is 9.53 Å². The van der Waals surface area contributed by atoms with Gasteiger partial charge in [-0.1, -0.05) is 0 Å². The molecule has 0 atom stereocenters. The zero-order chi connectivity index (χ0) is 7.98. The molecule has 10 heavy (non-hydrogen) atoms. The summed E-state index contributed by atoms with van der Waals surface area (Å²) in [7, 11) is 0. The average Bonchev–Trinajstić information content (AvgIpc) is 1.91. The van der Waals surface area contributed by atoms with E-state index in [1.165, 1.54) is 0 Å². The van der Waals surface area contributed by atoms with Gasteiger partial charge in [-0.3, -0.25) is 4.79 Å². The SMILES string of the molecule is [C-]#[N+]/C(=C\O)C(=O)OCC. The van der Waals surface area contributed by atoms with Crippen LogP contribution in [0.4, 0.5) is 0 Å². The van der Waals surface area contributed by atoms with E-state index >= 15 is 0 Å². The number of hydrogen-bond acceptors (Lipinski definition) is 3. The first kappa shape index (κ1) is 8.50. The molecule has 0 aliphatic carbocycles. The Hall–Kier alpha value is -1.50. The summed E-state index contributed by atoms with van der Waals surface area (Å²) >= 11 is 0. The number of esters is 1. The Morgan fingerprint density at radius 3 is 2.80 bits per heavy atom. The molecule has 0 aliphatic heterocycles. The van der Waals surface area contributed by atoms with E-state index in [4.69, 9.17) is 11.7 Å². The van der Waals surface area contributed by atoms with Gasteiger partial charge in [0.15, 0.2) is 0 Å². The summed E-state index contributed by atoms with van der Waals surface area (Å²) in [4.78, 5) is 13.3. The van der Waals surface area contributed by atoms with E-state index in [0.29, 0.717) is 6.26 Å². The van der Waals surface area contributed by atoms with Crippen LogP contribution in [0.15, 0.2) is 12.0 Å². The lowest BCUT2D eigenvalue weighted by Gasteiger charge is -1.96. The molecule has 0 fully saturated rings. The molecular formula is C6H7NO3. The molecule has 0 amide bonds. The van der Waals surface area contributed by atoms with E-state index in [1.807, 2.05) is 0 Å². The molecule has 1 N–H and O–H groups in total. The van der Waals surface area contributed by atoms with Gasteiger partial charge in [0.25, 0.3) is 0 Å². The minimum atomic E-state index is -0.792. The fourth-order valence-corrected chi connectivity index (χ4v) is 0.332. The lowest BCUT2D eigenvalue weighted by molar-refractivity contribution is -0.138. The van der Waals surface area contributed by atoms with Crippen LogP contribution in [0.3, 0.4) is 0 Å². The maximum Gasteiger partial charge on any atom is 0.339 e. The van der Waals surface area contributed by atoms with Gasteiger partial charge in [-0.25, -0.2) is 4.85 Å². The van der Waals surface area contributed by atoms with Crippen molar-refractivity contribution in [1.29, 1.82) is 0 Å². The van der Waals surface area contributed by atoms with Crippen molar-refractivity contribution >= 4 is 5.97 Å². The summed E-state index contributed by atoms with van der Waals surface area (Å²) in [6, 6.07) is 0. The summed E-state index contributed by atoms with van der Waals surface area (Å²) in [5.41, 5.74) is -0.401. The number of rotatable bonds is 2. The molecule has 0 aromatic rings. The molecule has 4 nitrogen and oxygen atoms in total. The molecule has 0 spiro atoms. The van der Waals surface area contributed by atoms with Crippen LogP contribution in [0.5, 0.6) is 0 Å². The van der Waals surface area contributed by atoms with Crippen LogP contribution < -0.4 is 0 Å². The molecule has 0 aliphatic rings. The maximum atomic E-state index is 10.5. The Balaban J connectivity index is 4.08. The van der Waals surface area contributed by atoms with E-state index in [2.05, 4.69) is 9.58 Å². The van der Waals surface area contributed by atoms with Crippen LogP contribution in [0.25, 0.3) is 4.85 Å². The average molecular weight is 141 g/mol. The molecule has 0 radical (unpaired) electrons. The quantitative estimate of drug-likeness (QED) is 0.268. The zero-order valence-electron chi connectivity index (χ0n) is 5.50. The van der Waals surface area contributed by atoms with Crippen LogP contribution >= 0.6 is 0 Å².